The maximum atomic E-state index is 5.15. The summed E-state index contributed by atoms with van der Waals surface area (Å²) in [5.74, 6) is 0. The monoisotopic (exact) mass is 271 g/mol. The van der Waals surface area contributed by atoms with E-state index in [0.717, 1.165) is 23.2 Å². The SMILES string of the molecule is CCC(COC)Nc1cc(C)cc(Br)c1. The Morgan fingerprint density at radius 2 is 2.13 bits per heavy atom. The molecule has 15 heavy (non-hydrogen) atoms. The summed E-state index contributed by atoms with van der Waals surface area (Å²) in [7, 11) is 1.73. The van der Waals surface area contributed by atoms with Crippen molar-refractivity contribution in [3.63, 3.8) is 0 Å². The molecule has 1 N–H and O–H groups in total. The number of halogens is 1. The van der Waals surface area contributed by atoms with Crippen LogP contribution in [0.3, 0.4) is 0 Å². The van der Waals surface area contributed by atoms with E-state index in [-0.39, 0.29) is 0 Å². The number of hydrogen-bond acceptors (Lipinski definition) is 2. The molecule has 0 aliphatic heterocycles. The molecule has 0 saturated carbocycles. The van der Waals surface area contributed by atoms with Crippen LogP contribution < -0.4 is 5.32 Å². The van der Waals surface area contributed by atoms with Gasteiger partial charge in [-0.2, -0.15) is 0 Å². The molecule has 2 nitrogen and oxygen atoms in total. The fourth-order valence-electron chi connectivity index (χ4n) is 1.52. The van der Waals surface area contributed by atoms with Crippen LogP contribution in [-0.2, 0) is 4.74 Å². The van der Waals surface area contributed by atoms with Crippen molar-refractivity contribution in [2.45, 2.75) is 26.3 Å². The second-order valence-electron chi connectivity index (χ2n) is 3.72. The van der Waals surface area contributed by atoms with Crippen molar-refractivity contribution >= 4 is 21.6 Å². The minimum absolute atomic E-state index is 0.378. The van der Waals surface area contributed by atoms with Gasteiger partial charge in [-0.3, -0.25) is 0 Å². The number of benzene rings is 1. The second kappa shape index (κ2) is 6.13. The molecule has 1 aromatic rings. The number of anilines is 1. The fourth-order valence-corrected chi connectivity index (χ4v) is 2.13. The van der Waals surface area contributed by atoms with Gasteiger partial charge in [0.1, 0.15) is 0 Å². The van der Waals surface area contributed by atoms with E-state index in [4.69, 9.17) is 4.74 Å². The van der Waals surface area contributed by atoms with Crippen LogP contribution in [0.4, 0.5) is 5.69 Å². The molecule has 84 valence electrons. The van der Waals surface area contributed by atoms with E-state index >= 15 is 0 Å². The van der Waals surface area contributed by atoms with Crippen LogP contribution >= 0.6 is 15.9 Å². The first-order chi connectivity index (χ1) is 7.15. The molecule has 0 spiro atoms. The van der Waals surface area contributed by atoms with Crippen LogP contribution in [0, 0.1) is 6.92 Å². The highest BCUT2D eigenvalue weighted by Gasteiger charge is 2.05. The quantitative estimate of drug-likeness (QED) is 0.884. The van der Waals surface area contributed by atoms with Gasteiger partial charge in [0.2, 0.25) is 0 Å². The van der Waals surface area contributed by atoms with Crippen molar-refractivity contribution in [2.75, 3.05) is 19.0 Å². The van der Waals surface area contributed by atoms with Gasteiger partial charge in [-0.1, -0.05) is 22.9 Å². The third-order valence-electron chi connectivity index (χ3n) is 2.27. The van der Waals surface area contributed by atoms with Crippen LogP contribution in [0.2, 0.25) is 0 Å². The summed E-state index contributed by atoms with van der Waals surface area (Å²) in [6.07, 6.45) is 1.05. The first kappa shape index (κ1) is 12.5. The molecule has 1 unspecified atom stereocenters. The molecule has 0 aromatic heterocycles. The molecule has 0 heterocycles. The molecule has 0 amide bonds. The van der Waals surface area contributed by atoms with E-state index in [2.05, 4.69) is 53.3 Å². The van der Waals surface area contributed by atoms with Gasteiger partial charge in [0.05, 0.1) is 6.61 Å². The van der Waals surface area contributed by atoms with Gasteiger partial charge in [-0.15, -0.1) is 0 Å². The van der Waals surface area contributed by atoms with Gasteiger partial charge in [-0.25, -0.2) is 0 Å². The van der Waals surface area contributed by atoms with Crippen LogP contribution in [0.25, 0.3) is 0 Å². The average Bonchev–Trinajstić information content (AvgIpc) is 2.15. The maximum Gasteiger partial charge on any atom is 0.0663 e. The smallest absolute Gasteiger partial charge is 0.0663 e. The zero-order valence-electron chi connectivity index (χ0n) is 9.51. The Kier molecular flexibility index (Phi) is 5.12. The van der Waals surface area contributed by atoms with Crippen molar-refractivity contribution in [1.82, 2.24) is 0 Å². The average molecular weight is 272 g/mol. The highest BCUT2D eigenvalue weighted by molar-refractivity contribution is 9.10. The Bertz CT molecular complexity index is 294. The lowest BCUT2D eigenvalue weighted by atomic mass is 10.2. The molecule has 0 bridgehead atoms. The maximum absolute atomic E-state index is 5.15. The summed E-state index contributed by atoms with van der Waals surface area (Å²) in [5.41, 5.74) is 2.39. The van der Waals surface area contributed by atoms with Crippen LogP contribution in [-0.4, -0.2) is 19.8 Å². The van der Waals surface area contributed by atoms with E-state index in [1.54, 1.807) is 7.11 Å². The van der Waals surface area contributed by atoms with E-state index in [1.807, 2.05) is 0 Å². The zero-order valence-corrected chi connectivity index (χ0v) is 11.1. The number of ether oxygens (including phenoxy) is 1. The van der Waals surface area contributed by atoms with Crippen molar-refractivity contribution in [2.24, 2.45) is 0 Å². The van der Waals surface area contributed by atoms with E-state index < -0.39 is 0 Å². The van der Waals surface area contributed by atoms with Gasteiger partial charge in [0.15, 0.2) is 0 Å². The largest absolute Gasteiger partial charge is 0.383 e. The van der Waals surface area contributed by atoms with Crippen LogP contribution in [0.1, 0.15) is 18.9 Å². The summed E-state index contributed by atoms with van der Waals surface area (Å²) in [6, 6.07) is 6.71. The summed E-state index contributed by atoms with van der Waals surface area (Å²) < 4.78 is 6.26. The minimum Gasteiger partial charge on any atom is -0.383 e. The standard InChI is InChI=1S/C12H18BrNO/c1-4-11(8-15-3)14-12-6-9(2)5-10(13)7-12/h5-7,11,14H,4,8H2,1-3H3. The van der Waals surface area contributed by atoms with E-state index in [1.165, 1.54) is 5.56 Å². The molecule has 0 aliphatic rings. The highest BCUT2D eigenvalue weighted by Crippen LogP contribution is 2.20. The molecular weight excluding hydrogens is 254 g/mol. The second-order valence-corrected chi connectivity index (χ2v) is 4.64. The lowest BCUT2D eigenvalue weighted by molar-refractivity contribution is 0.184. The van der Waals surface area contributed by atoms with Gasteiger partial charge in [-0.05, 0) is 37.1 Å². The molecule has 0 fully saturated rings. The number of nitrogens with one attached hydrogen (secondary N) is 1. The topological polar surface area (TPSA) is 21.3 Å². The fraction of sp³-hybridized carbons (Fsp3) is 0.500. The Morgan fingerprint density at radius 1 is 1.40 bits per heavy atom. The predicted octanol–water partition coefficient (Wildman–Crippen LogP) is 3.59. The molecule has 3 heteroatoms. The number of methoxy groups -OCH3 is 1. The number of aryl methyl sites for hydroxylation is 1. The first-order valence-corrected chi connectivity index (χ1v) is 5.97. The molecule has 0 saturated heterocycles. The van der Waals surface area contributed by atoms with Crippen molar-refractivity contribution in [3.8, 4) is 0 Å². The molecule has 1 atom stereocenters. The van der Waals surface area contributed by atoms with Gasteiger partial charge >= 0.3 is 0 Å². The molecule has 1 aromatic carbocycles. The minimum atomic E-state index is 0.378. The number of hydrogen-bond donors (Lipinski definition) is 1. The van der Waals surface area contributed by atoms with Gasteiger partial charge in [0, 0.05) is 23.3 Å². The van der Waals surface area contributed by atoms with E-state index in [0.29, 0.717) is 6.04 Å². The van der Waals surface area contributed by atoms with Crippen LogP contribution in [0.15, 0.2) is 22.7 Å². The Labute approximate surface area is 100 Å². The third-order valence-corrected chi connectivity index (χ3v) is 2.73. The lowest BCUT2D eigenvalue weighted by Gasteiger charge is -2.17. The van der Waals surface area contributed by atoms with Crippen molar-refractivity contribution < 1.29 is 4.74 Å². The first-order valence-electron chi connectivity index (χ1n) is 5.18. The summed E-state index contributed by atoms with van der Waals surface area (Å²) >= 11 is 3.49. The van der Waals surface area contributed by atoms with Crippen molar-refractivity contribution in [1.29, 1.82) is 0 Å². The normalized spacial score (nSPS) is 12.5. The molecule has 1 rings (SSSR count). The lowest BCUT2D eigenvalue weighted by Crippen LogP contribution is -2.23. The molecular formula is C12H18BrNO. The Morgan fingerprint density at radius 3 is 2.67 bits per heavy atom. The summed E-state index contributed by atoms with van der Waals surface area (Å²) in [6.45, 7) is 4.98. The van der Waals surface area contributed by atoms with E-state index in [9.17, 15) is 0 Å². The van der Waals surface area contributed by atoms with Gasteiger partial charge < -0.3 is 10.1 Å². The van der Waals surface area contributed by atoms with Crippen molar-refractivity contribution in [3.05, 3.63) is 28.2 Å². The van der Waals surface area contributed by atoms with Crippen LogP contribution in [0.5, 0.6) is 0 Å². The summed E-state index contributed by atoms with van der Waals surface area (Å²) in [5, 5.41) is 3.46. The van der Waals surface area contributed by atoms with Gasteiger partial charge in [0.25, 0.3) is 0 Å². The zero-order chi connectivity index (χ0) is 11.3. The Hall–Kier alpha value is -0.540. The summed E-state index contributed by atoms with van der Waals surface area (Å²) in [4.78, 5) is 0. The predicted molar refractivity (Wildman–Crippen MR) is 68.5 cm³/mol. The highest BCUT2D eigenvalue weighted by atomic mass is 79.9. The Balaban J connectivity index is 2.69. The molecule has 0 aliphatic carbocycles. The number of rotatable bonds is 5. The molecule has 0 radical (unpaired) electrons. The third kappa shape index (κ3) is 4.22.